The fourth-order valence-corrected chi connectivity index (χ4v) is 4.04. The van der Waals surface area contributed by atoms with Crippen LogP contribution in [-0.2, 0) is 22.2 Å². The van der Waals surface area contributed by atoms with Crippen molar-refractivity contribution in [2.75, 3.05) is 6.54 Å². The molecule has 1 aromatic heterocycles. The molecule has 3 N–H and O–H groups in total. The lowest BCUT2D eigenvalue weighted by atomic mass is 10.1. The van der Waals surface area contributed by atoms with Gasteiger partial charge in [0.25, 0.3) is 0 Å². The lowest BCUT2D eigenvalue weighted by Gasteiger charge is -2.10. The van der Waals surface area contributed by atoms with Crippen molar-refractivity contribution in [1.29, 1.82) is 0 Å². The third-order valence-corrected chi connectivity index (χ3v) is 5.67. The van der Waals surface area contributed by atoms with Gasteiger partial charge >= 0.3 is 0 Å². The van der Waals surface area contributed by atoms with E-state index in [4.69, 9.17) is 0 Å². The van der Waals surface area contributed by atoms with E-state index in [9.17, 15) is 9.00 Å². The van der Waals surface area contributed by atoms with E-state index < -0.39 is 11.0 Å². The Morgan fingerprint density at radius 3 is 2.45 bits per heavy atom. The second kappa shape index (κ2) is 12.0. The third-order valence-electron chi connectivity index (χ3n) is 4.45. The first-order valence-electron chi connectivity index (χ1n) is 9.44. The molecule has 2 aromatic carbocycles. The molecule has 0 aliphatic heterocycles. The SMILES string of the molecule is O.O=C(CCCNS(=O)c1ccccc1-c1ccccc1)CCc1cccnc1. The lowest BCUT2D eigenvalue weighted by molar-refractivity contribution is -0.119. The van der Waals surface area contributed by atoms with E-state index in [-0.39, 0.29) is 11.3 Å². The number of hydrogen-bond acceptors (Lipinski definition) is 3. The van der Waals surface area contributed by atoms with Crippen molar-refractivity contribution < 1.29 is 14.5 Å². The molecule has 29 heavy (non-hydrogen) atoms. The van der Waals surface area contributed by atoms with Gasteiger partial charge < -0.3 is 5.48 Å². The minimum atomic E-state index is -1.31. The Kier molecular flexibility index (Phi) is 9.37. The number of benzene rings is 2. The first-order valence-corrected chi connectivity index (χ1v) is 10.6. The molecule has 0 radical (unpaired) electrons. The van der Waals surface area contributed by atoms with Gasteiger partial charge in [0, 0.05) is 31.8 Å². The van der Waals surface area contributed by atoms with Crippen molar-refractivity contribution in [1.82, 2.24) is 9.71 Å². The van der Waals surface area contributed by atoms with Crippen molar-refractivity contribution in [3.8, 4) is 11.1 Å². The van der Waals surface area contributed by atoms with E-state index in [1.165, 1.54) is 0 Å². The zero-order chi connectivity index (χ0) is 19.6. The molecule has 0 aliphatic rings. The van der Waals surface area contributed by atoms with Crippen LogP contribution in [0.3, 0.4) is 0 Å². The van der Waals surface area contributed by atoms with E-state index in [1.54, 1.807) is 12.4 Å². The second-order valence-electron chi connectivity index (χ2n) is 6.53. The Labute approximate surface area is 174 Å². The van der Waals surface area contributed by atoms with Crippen LogP contribution in [0.2, 0.25) is 0 Å². The van der Waals surface area contributed by atoms with Crippen molar-refractivity contribution in [2.45, 2.75) is 30.6 Å². The first kappa shape index (κ1) is 22.6. The van der Waals surface area contributed by atoms with Gasteiger partial charge in [-0.25, -0.2) is 8.93 Å². The van der Waals surface area contributed by atoms with Gasteiger partial charge in [-0.1, -0.05) is 54.6 Å². The second-order valence-corrected chi connectivity index (χ2v) is 7.79. The standard InChI is InChI=1S/C23H24N2O2S.H2O/c26-21(15-14-19-8-6-16-24-18-19)11-7-17-25-28(27)23-13-5-4-12-22(23)20-9-2-1-3-10-20;/h1-6,8-10,12-13,16,18,25H,7,11,14-15,17H2;1H2. The fraction of sp³-hybridized carbons (Fsp3) is 0.217. The van der Waals surface area contributed by atoms with Gasteiger partial charge in [0.15, 0.2) is 0 Å². The Hall–Kier alpha value is -2.67. The third kappa shape index (κ3) is 7.02. The lowest BCUT2D eigenvalue weighted by Crippen LogP contribution is -2.20. The molecule has 1 unspecified atom stereocenters. The summed E-state index contributed by atoms with van der Waals surface area (Å²) in [6, 6.07) is 21.5. The van der Waals surface area contributed by atoms with Crippen LogP contribution in [0.5, 0.6) is 0 Å². The highest BCUT2D eigenvalue weighted by Gasteiger charge is 2.11. The van der Waals surface area contributed by atoms with E-state index in [1.807, 2.05) is 66.7 Å². The molecule has 1 heterocycles. The Morgan fingerprint density at radius 1 is 0.931 bits per heavy atom. The molecule has 0 fully saturated rings. The minimum Gasteiger partial charge on any atom is -0.412 e. The van der Waals surface area contributed by atoms with Gasteiger partial charge in [-0.05, 0) is 41.7 Å². The smallest absolute Gasteiger partial charge is 0.133 e. The minimum absolute atomic E-state index is 0. The van der Waals surface area contributed by atoms with E-state index in [2.05, 4.69) is 9.71 Å². The highest BCUT2D eigenvalue weighted by atomic mass is 32.2. The van der Waals surface area contributed by atoms with Gasteiger partial charge in [-0.15, -0.1) is 0 Å². The summed E-state index contributed by atoms with van der Waals surface area (Å²) in [5, 5.41) is 0. The number of Topliss-reactive ketones (excluding diaryl/α,β-unsaturated/α-hetero) is 1. The fourth-order valence-electron chi connectivity index (χ4n) is 2.97. The van der Waals surface area contributed by atoms with E-state index >= 15 is 0 Å². The van der Waals surface area contributed by atoms with Crippen molar-refractivity contribution >= 4 is 16.8 Å². The summed E-state index contributed by atoms with van der Waals surface area (Å²) >= 11 is 0. The number of pyridine rings is 1. The van der Waals surface area contributed by atoms with Crippen molar-refractivity contribution in [3.63, 3.8) is 0 Å². The maximum Gasteiger partial charge on any atom is 0.133 e. The average Bonchev–Trinajstić information content (AvgIpc) is 2.76. The number of aryl methyl sites for hydroxylation is 1. The predicted molar refractivity (Wildman–Crippen MR) is 117 cm³/mol. The van der Waals surface area contributed by atoms with Gasteiger partial charge in [-0.3, -0.25) is 9.78 Å². The summed E-state index contributed by atoms with van der Waals surface area (Å²) in [5.74, 6) is 0.223. The summed E-state index contributed by atoms with van der Waals surface area (Å²) in [6.45, 7) is 0.536. The molecule has 3 rings (SSSR count). The molecular weight excluding hydrogens is 384 g/mol. The van der Waals surface area contributed by atoms with Crippen molar-refractivity contribution in [2.24, 2.45) is 0 Å². The van der Waals surface area contributed by atoms with E-state index in [0.29, 0.717) is 25.8 Å². The zero-order valence-electron chi connectivity index (χ0n) is 16.2. The Balaban J connectivity index is 0.00000300. The van der Waals surface area contributed by atoms with Crippen LogP contribution in [-0.4, -0.2) is 27.0 Å². The van der Waals surface area contributed by atoms with Gasteiger partial charge in [0.1, 0.15) is 16.8 Å². The van der Waals surface area contributed by atoms with Crippen LogP contribution < -0.4 is 4.72 Å². The quantitative estimate of drug-likeness (QED) is 0.519. The molecule has 0 spiro atoms. The number of carbonyl (C=O) groups is 1. The molecule has 0 saturated heterocycles. The van der Waals surface area contributed by atoms with Crippen LogP contribution in [0.1, 0.15) is 24.8 Å². The van der Waals surface area contributed by atoms with Crippen LogP contribution in [0.25, 0.3) is 11.1 Å². The number of nitrogens with one attached hydrogen (secondary N) is 1. The summed E-state index contributed by atoms with van der Waals surface area (Å²) in [6.07, 6.45) is 5.92. The number of carbonyl (C=O) groups excluding carboxylic acids is 1. The van der Waals surface area contributed by atoms with Crippen LogP contribution in [0.4, 0.5) is 0 Å². The summed E-state index contributed by atoms with van der Waals surface area (Å²) in [5.41, 5.74) is 3.08. The normalized spacial score (nSPS) is 11.4. The highest BCUT2D eigenvalue weighted by Crippen LogP contribution is 2.25. The molecule has 0 bridgehead atoms. The molecule has 3 aromatic rings. The summed E-state index contributed by atoms with van der Waals surface area (Å²) in [7, 11) is -1.31. The number of hydrogen-bond donors (Lipinski definition) is 1. The van der Waals surface area contributed by atoms with Crippen LogP contribution in [0.15, 0.2) is 84.0 Å². The zero-order valence-corrected chi connectivity index (χ0v) is 17.0. The Morgan fingerprint density at radius 2 is 1.69 bits per heavy atom. The molecular formula is C23H26N2O3S. The molecule has 6 heteroatoms. The number of nitrogens with zero attached hydrogens (tertiary/aromatic N) is 1. The average molecular weight is 411 g/mol. The number of ketones is 1. The first-order chi connectivity index (χ1) is 13.7. The summed E-state index contributed by atoms with van der Waals surface area (Å²) in [4.78, 5) is 16.9. The van der Waals surface area contributed by atoms with Crippen molar-refractivity contribution in [3.05, 3.63) is 84.7 Å². The highest BCUT2D eigenvalue weighted by molar-refractivity contribution is 7.83. The predicted octanol–water partition coefficient (Wildman–Crippen LogP) is 3.52. The largest absolute Gasteiger partial charge is 0.412 e. The monoisotopic (exact) mass is 410 g/mol. The topological polar surface area (TPSA) is 90.6 Å². The van der Waals surface area contributed by atoms with E-state index in [0.717, 1.165) is 28.0 Å². The molecule has 0 amide bonds. The van der Waals surface area contributed by atoms with Crippen LogP contribution in [0, 0.1) is 0 Å². The number of rotatable bonds is 10. The summed E-state index contributed by atoms with van der Waals surface area (Å²) < 4.78 is 15.8. The molecule has 152 valence electrons. The Bertz CT molecular complexity index is 918. The molecule has 5 nitrogen and oxygen atoms in total. The maximum absolute atomic E-state index is 12.7. The maximum atomic E-state index is 12.7. The van der Waals surface area contributed by atoms with Gasteiger partial charge in [0.05, 0.1) is 4.90 Å². The molecule has 0 saturated carbocycles. The van der Waals surface area contributed by atoms with Gasteiger partial charge in [0.2, 0.25) is 0 Å². The van der Waals surface area contributed by atoms with Gasteiger partial charge in [-0.2, -0.15) is 0 Å². The van der Waals surface area contributed by atoms with Crippen LogP contribution >= 0.6 is 0 Å². The molecule has 1 atom stereocenters. The molecule has 0 aliphatic carbocycles. The number of aromatic nitrogens is 1.